The third-order valence-electron chi connectivity index (χ3n) is 2.24. The summed E-state index contributed by atoms with van der Waals surface area (Å²) in [5, 5.41) is 13.5. The average Bonchev–Trinajstić information content (AvgIpc) is 2.23. The van der Waals surface area contributed by atoms with Gasteiger partial charge in [-0.3, -0.25) is 9.59 Å². The van der Waals surface area contributed by atoms with Crippen molar-refractivity contribution in [2.75, 3.05) is 27.2 Å². The highest BCUT2D eigenvalue weighted by Gasteiger charge is 2.27. The fourth-order valence-corrected chi connectivity index (χ4v) is 1.12. The Morgan fingerprint density at radius 1 is 1.29 bits per heavy atom. The first-order valence-corrected chi connectivity index (χ1v) is 5.13. The van der Waals surface area contributed by atoms with E-state index in [1.807, 2.05) is 0 Å². The van der Waals surface area contributed by atoms with Gasteiger partial charge in [-0.1, -0.05) is 0 Å². The van der Waals surface area contributed by atoms with Crippen LogP contribution in [0, 0.1) is 5.41 Å². The van der Waals surface area contributed by atoms with E-state index in [1.165, 1.54) is 14.1 Å². The second-order valence-corrected chi connectivity index (χ2v) is 4.37. The van der Waals surface area contributed by atoms with E-state index in [2.05, 4.69) is 10.6 Å². The number of hydrogen-bond donors (Lipinski definition) is 3. The second-order valence-electron chi connectivity index (χ2n) is 4.37. The van der Waals surface area contributed by atoms with Crippen molar-refractivity contribution in [3.63, 3.8) is 0 Å². The van der Waals surface area contributed by atoms with Crippen LogP contribution in [0.25, 0.3) is 0 Å². The molecule has 0 atom stereocenters. The highest BCUT2D eigenvalue weighted by atomic mass is 16.4. The van der Waals surface area contributed by atoms with Crippen molar-refractivity contribution < 1.29 is 19.5 Å². The maximum absolute atomic E-state index is 11.5. The maximum Gasteiger partial charge on any atom is 0.323 e. The van der Waals surface area contributed by atoms with Crippen molar-refractivity contribution in [3.05, 3.63) is 0 Å². The highest BCUT2D eigenvalue weighted by Crippen LogP contribution is 2.13. The molecule has 0 saturated heterocycles. The monoisotopic (exact) mass is 245 g/mol. The number of likely N-dealkylation sites (N-methyl/N-ethyl adjacent to an activating group) is 1. The van der Waals surface area contributed by atoms with Crippen molar-refractivity contribution in [2.24, 2.45) is 5.41 Å². The van der Waals surface area contributed by atoms with Crippen LogP contribution in [0.4, 0.5) is 4.79 Å². The van der Waals surface area contributed by atoms with Crippen LogP contribution in [0.1, 0.15) is 13.8 Å². The average molecular weight is 245 g/mol. The van der Waals surface area contributed by atoms with Gasteiger partial charge in [0, 0.05) is 20.6 Å². The third kappa shape index (κ3) is 5.19. The Morgan fingerprint density at radius 2 is 1.82 bits per heavy atom. The van der Waals surface area contributed by atoms with Gasteiger partial charge in [0.05, 0.1) is 5.41 Å². The molecule has 3 amide bonds. The van der Waals surface area contributed by atoms with Crippen LogP contribution in [0.5, 0.6) is 0 Å². The lowest BCUT2D eigenvalue weighted by molar-refractivity contribution is -0.137. The Balaban J connectivity index is 4.24. The summed E-state index contributed by atoms with van der Waals surface area (Å²) < 4.78 is 0. The number of hydrogen-bond acceptors (Lipinski definition) is 3. The van der Waals surface area contributed by atoms with E-state index in [4.69, 9.17) is 5.11 Å². The number of urea groups is 1. The first-order valence-electron chi connectivity index (χ1n) is 5.13. The fraction of sp³-hybridized carbons (Fsp3) is 0.700. The molecule has 98 valence electrons. The van der Waals surface area contributed by atoms with Gasteiger partial charge in [-0.15, -0.1) is 0 Å². The molecule has 0 rings (SSSR count). The van der Waals surface area contributed by atoms with Gasteiger partial charge in [-0.25, -0.2) is 4.79 Å². The number of nitrogens with one attached hydrogen (secondary N) is 2. The lowest BCUT2D eigenvalue weighted by Gasteiger charge is -2.24. The number of carbonyl (C=O) groups excluding carboxylic acids is 2. The molecule has 0 unspecified atom stereocenters. The molecule has 0 heterocycles. The van der Waals surface area contributed by atoms with Crippen LogP contribution in [-0.4, -0.2) is 55.1 Å². The molecule has 7 heteroatoms. The van der Waals surface area contributed by atoms with E-state index in [0.717, 1.165) is 4.90 Å². The summed E-state index contributed by atoms with van der Waals surface area (Å²) >= 11 is 0. The van der Waals surface area contributed by atoms with Crippen molar-refractivity contribution in [3.8, 4) is 0 Å². The zero-order chi connectivity index (χ0) is 13.6. The smallest absolute Gasteiger partial charge is 0.323 e. The zero-order valence-electron chi connectivity index (χ0n) is 10.5. The molecule has 0 aromatic rings. The molecular formula is C10H19N3O4. The van der Waals surface area contributed by atoms with Crippen molar-refractivity contribution in [1.82, 2.24) is 15.5 Å². The van der Waals surface area contributed by atoms with Crippen LogP contribution in [0.15, 0.2) is 0 Å². The summed E-state index contributed by atoms with van der Waals surface area (Å²) in [5.41, 5.74) is -0.742. The predicted molar refractivity (Wildman–Crippen MR) is 61.5 cm³/mol. The standard InChI is InChI=1S/C10H19N3O4/c1-10(2,8(16)11-3)6-12-9(17)13(4)5-7(14)15/h5-6H2,1-4H3,(H,11,16)(H,12,17)(H,14,15). The van der Waals surface area contributed by atoms with E-state index >= 15 is 0 Å². The summed E-state index contributed by atoms with van der Waals surface area (Å²) in [6, 6.07) is -0.524. The molecule has 0 bridgehead atoms. The summed E-state index contributed by atoms with van der Waals surface area (Å²) in [6.07, 6.45) is 0. The molecule has 0 aliphatic heterocycles. The number of amides is 3. The minimum Gasteiger partial charge on any atom is -0.480 e. The van der Waals surface area contributed by atoms with E-state index in [-0.39, 0.29) is 19.0 Å². The van der Waals surface area contributed by atoms with E-state index in [1.54, 1.807) is 13.8 Å². The Morgan fingerprint density at radius 3 is 2.24 bits per heavy atom. The maximum atomic E-state index is 11.5. The number of carbonyl (C=O) groups is 3. The molecule has 0 radical (unpaired) electrons. The van der Waals surface area contributed by atoms with Gasteiger partial charge in [0.2, 0.25) is 5.91 Å². The number of nitrogens with zero attached hydrogens (tertiary/aromatic N) is 1. The third-order valence-corrected chi connectivity index (χ3v) is 2.24. The Kier molecular flexibility index (Phi) is 5.43. The summed E-state index contributed by atoms with van der Waals surface area (Å²) in [7, 11) is 2.89. The Bertz CT molecular complexity index is 315. The number of carboxylic acids is 1. The predicted octanol–water partition coefficient (Wildman–Crippen LogP) is -0.515. The van der Waals surface area contributed by atoms with Gasteiger partial charge in [0.25, 0.3) is 0 Å². The quantitative estimate of drug-likeness (QED) is 0.607. The van der Waals surface area contributed by atoms with E-state index in [9.17, 15) is 14.4 Å². The lowest BCUT2D eigenvalue weighted by atomic mass is 9.92. The molecule has 17 heavy (non-hydrogen) atoms. The minimum absolute atomic E-state index is 0.134. The van der Waals surface area contributed by atoms with Gasteiger partial charge in [0.1, 0.15) is 6.54 Å². The Hall–Kier alpha value is -1.79. The topological polar surface area (TPSA) is 98.7 Å². The molecule has 7 nitrogen and oxygen atoms in total. The first-order chi connectivity index (χ1) is 7.70. The van der Waals surface area contributed by atoms with Gasteiger partial charge in [0.15, 0.2) is 0 Å². The first kappa shape index (κ1) is 15.2. The molecule has 0 aliphatic rings. The van der Waals surface area contributed by atoms with E-state index in [0.29, 0.717) is 0 Å². The van der Waals surface area contributed by atoms with Crippen LogP contribution < -0.4 is 10.6 Å². The van der Waals surface area contributed by atoms with Crippen LogP contribution in [0.3, 0.4) is 0 Å². The second kappa shape index (κ2) is 6.07. The molecule has 3 N–H and O–H groups in total. The van der Waals surface area contributed by atoms with Crippen LogP contribution >= 0.6 is 0 Å². The number of rotatable bonds is 5. The molecule has 0 aromatic heterocycles. The van der Waals surface area contributed by atoms with Crippen molar-refractivity contribution in [2.45, 2.75) is 13.8 Å². The number of carboxylic acid groups (broad SMARTS) is 1. The molecule has 0 saturated carbocycles. The van der Waals surface area contributed by atoms with Crippen LogP contribution in [0.2, 0.25) is 0 Å². The van der Waals surface area contributed by atoms with Gasteiger partial charge in [-0.2, -0.15) is 0 Å². The van der Waals surface area contributed by atoms with Crippen molar-refractivity contribution >= 4 is 17.9 Å². The van der Waals surface area contributed by atoms with Crippen LogP contribution in [-0.2, 0) is 9.59 Å². The molecule has 0 spiro atoms. The summed E-state index contributed by atoms with van der Waals surface area (Å²) in [6.45, 7) is 3.12. The largest absolute Gasteiger partial charge is 0.480 e. The fourth-order valence-electron chi connectivity index (χ4n) is 1.12. The SMILES string of the molecule is CNC(=O)C(C)(C)CNC(=O)N(C)CC(=O)O. The molecule has 0 aromatic carbocycles. The minimum atomic E-state index is -1.09. The molecule has 0 aliphatic carbocycles. The summed E-state index contributed by atoms with van der Waals surface area (Å²) in [4.78, 5) is 34.3. The van der Waals surface area contributed by atoms with Gasteiger partial charge < -0.3 is 20.6 Å². The van der Waals surface area contributed by atoms with Crippen molar-refractivity contribution in [1.29, 1.82) is 0 Å². The molecular weight excluding hydrogens is 226 g/mol. The zero-order valence-corrected chi connectivity index (χ0v) is 10.5. The van der Waals surface area contributed by atoms with Gasteiger partial charge in [-0.05, 0) is 13.8 Å². The van der Waals surface area contributed by atoms with Gasteiger partial charge >= 0.3 is 12.0 Å². The molecule has 0 fully saturated rings. The number of aliphatic carboxylic acids is 1. The lowest BCUT2D eigenvalue weighted by Crippen LogP contribution is -2.47. The van der Waals surface area contributed by atoms with E-state index < -0.39 is 17.4 Å². The normalized spacial score (nSPS) is 10.6. The Labute approximate surface area is 100 Å². The highest BCUT2D eigenvalue weighted by molar-refractivity contribution is 5.83. The summed E-state index contributed by atoms with van der Waals surface area (Å²) in [5.74, 6) is -1.29.